The molecule has 17 heavy (non-hydrogen) atoms. The monoisotopic (exact) mass is 260 g/mol. The van der Waals surface area contributed by atoms with Crippen LogP contribution in [0, 0.1) is 6.92 Å². The molecule has 0 amide bonds. The molecule has 3 nitrogen and oxygen atoms in total. The molecule has 3 aromatic heterocycles. The Morgan fingerprint density at radius 3 is 2.71 bits per heavy atom. The Hall–Kier alpha value is -1.59. The number of nitrogens with one attached hydrogen (secondary N) is 2. The molecule has 0 unspecified atom stereocenters. The molecular weight excluding hydrogens is 252 g/mol. The van der Waals surface area contributed by atoms with Crippen LogP contribution in [0.1, 0.15) is 4.88 Å². The fraction of sp³-hybridized carbons (Fsp3) is 0.0833. The number of aromatic amines is 2. The molecule has 0 atom stereocenters. The standard InChI is InChI=1S/C12H8N2OS2/c1-5-4-7-9-8(13-12(15)14-9)6-2-3-16-10(6)11(7)17-5/h2-4H,1H3,(H2,13,14,15). The molecule has 4 rings (SSSR count). The van der Waals surface area contributed by atoms with Gasteiger partial charge in [-0.05, 0) is 24.4 Å². The number of thiophene rings is 2. The number of fused-ring (bicyclic) bond motifs is 6. The number of rotatable bonds is 0. The maximum absolute atomic E-state index is 11.5. The first kappa shape index (κ1) is 9.44. The number of benzene rings is 1. The van der Waals surface area contributed by atoms with Crippen molar-refractivity contribution in [1.29, 1.82) is 0 Å². The van der Waals surface area contributed by atoms with Gasteiger partial charge in [-0.25, -0.2) is 4.79 Å². The van der Waals surface area contributed by atoms with Crippen molar-refractivity contribution < 1.29 is 0 Å². The third kappa shape index (κ3) is 1.13. The number of imidazole rings is 1. The second kappa shape index (κ2) is 3.00. The van der Waals surface area contributed by atoms with Crippen LogP contribution < -0.4 is 5.69 Å². The lowest BCUT2D eigenvalue weighted by Crippen LogP contribution is -1.99. The van der Waals surface area contributed by atoms with Crippen LogP contribution in [0.15, 0.2) is 22.3 Å². The van der Waals surface area contributed by atoms with Crippen LogP contribution in [-0.2, 0) is 0 Å². The Morgan fingerprint density at radius 2 is 1.88 bits per heavy atom. The van der Waals surface area contributed by atoms with E-state index in [1.165, 1.54) is 14.3 Å². The van der Waals surface area contributed by atoms with E-state index in [0.29, 0.717) is 0 Å². The zero-order valence-electron chi connectivity index (χ0n) is 8.96. The van der Waals surface area contributed by atoms with Crippen LogP contribution in [0.4, 0.5) is 0 Å². The quantitative estimate of drug-likeness (QED) is 0.498. The van der Waals surface area contributed by atoms with Crippen LogP contribution in [0.25, 0.3) is 31.2 Å². The van der Waals surface area contributed by atoms with Crippen molar-refractivity contribution in [3.63, 3.8) is 0 Å². The maximum Gasteiger partial charge on any atom is 0.323 e. The Labute approximate surface area is 104 Å². The maximum atomic E-state index is 11.5. The van der Waals surface area contributed by atoms with E-state index in [4.69, 9.17) is 0 Å². The van der Waals surface area contributed by atoms with Crippen molar-refractivity contribution in [2.45, 2.75) is 6.92 Å². The molecule has 0 aliphatic carbocycles. The summed E-state index contributed by atoms with van der Waals surface area (Å²) in [6.45, 7) is 2.10. The molecular formula is C12H8N2OS2. The Morgan fingerprint density at radius 1 is 1.12 bits per heavy atom. The Bertz CT molecular complexity index is 922. The number of hydrogen-bond acceptors (Lipinski definition) is 3. The molecule has 0 bridgehead atoms. The molecule has 4 aromatic rings. The van der Waals surface area contributed by atoms with Crippen LogP contribution in [-0.4, -0.2) is 9.97 Å². The van der Waals surface area contributed by atoms with Gasteiger partial charge in [-0.2, -0.15) is 0 Å². The predicted octanol–water partition coefficient (Wildman–Crippen LogP) is 3.59. The van der Waals surface area contributed by atoms with Gasteiger partial charge in [-0.15, -0.1) is 22.7 Å². The van der Waals surface area contributed by atoms with Crippen molar-refractivity contribution >= 4 is 53.9 Å². The van der Waals surface area contributed by atoms with E-state index >= 15 is 0 Å². The highest BCUT2D eigenvalue weighted by Gasteiger charge is 2.13. The lowest BCUT2D eigenvalue weighted by atomic mass is 10.1. The Kier molecular flexibility index (Phi) is 1.66. The summed E-state index contributed by atoms with van der Waals surface area (Å²) in [6.07, 6.45) is 0. The largest absolute Gasteiger partial charge is 0.323 e. The highest BCUT2D eigenvalue weighted by Crippen LogP contribution is 2.39. The zero-order valence-corrected chi connectivity index (χ0v) is 10.6. The average Bonchev–Trinajstić information content (AvgIpc) is 2.91. The molecule has 0 spiro atoms. The summed E-state index contributed by atoms with van der Waals surface area (Å²) < 4.78 is 2.54. The van der Waals surface area contributed by atoms with Crippen molar-refractivity contribution in [2.24, 2.45) is 0 Å². The first-order valence-electron chi connectivity index (χ1n) is 5.25. The molecule has 0 saturated carbocycles. The number of aryl methyl sites for hydroxylation is 1. The molecule has 0 aliphatic rings. The minimum absolute atomic E-state index is 0.135. The van der Waals surface area contributed by atoms with Gasteiger partial charge in [0.25, 0.3) is 0 Å². The van der Waals surface area contributed by atoms with Crippen molar-refractivity contribution in [1.82, 2.24) is 9.97 Å². The van der Waals surface area contributed by atoms with Gasteiger partial charge in [0.05, 0.1) is 20.4 Å². The molecule has 1 aromatic carbocycles. The summed E-state index contributed by atoms with van der Waals surface area (Å²) in [5, 5.41) is 4.36. The topological polar surface area (TPSA) is 48.6 Å². The van der Waals surface area contributed by atoms with Gasteiger partial charge in [0.15, 0.2) is 0 Å². The zero-order chi connectivity index (χ0) is 11.6. The SMILES string of the molecule is Cc1cc2c3[nH]c(=O)[nH]c3c3ccsc3c2s1. The van der Waals surface area contributed by atoms with Crippen LogP contribution >= 0.6 is 22.7 Å². The van der Waals surface area contributed by atoms with Crippen LogP contribution in [0.2, 0.25) is 0 Å². The molecule has 2 N–H and O–H groups in total. The number of hydrogen-bond donors (Lipinski definition) is 2. The van der Waals surface area contributed by atoms with Crippen LogP contribution in [0.5, 0.6) is 0 Å². The van der Waals surface area contributed by atoms with Crippen molar-refractivity contribution in [3.8, 4) is 0 Å². The molecule has 0 fully saturated rings. The first-order chi connectivity index (χ1) is 8.24. The van der Waals surface area contributed by atoms with Crippen molar-refractivity contribution in [3.05, 3.63) is 32.9 Å². The van der Waals surface area contributed by atoms with E-state index in [2.05, 4.69) is 34.4 Å². The van der Waals surface area contributed by atoms with Gasteiger partial charge in [-0.1, -0.05) is 0 Å². The molecule has 3 heterocycles. The normalized spacial score (nSPS) is 12.1. The number of aromatic nitrogens is 2. The third-order valence-corrected chi connectivity index (χ3v) is 5.12. The molecule has 0 radical (unpaired) electrons. The average molecular weight is 260 g/mol. The van der Waals surface area contributed by atoms with E-state index in [-0.39, 0.29) is 5.69 Å². The van der Waals surface area contributed by atoms with Gasteiger partial charge in [0.2, 0.25) is 0 Å². The predicted molar refractivity (Wildman–Crippen MR) is 74.4 cm³/mol. The fourth-order valence-electron chi connectivity index (χ4n) is 2.34. The van der Waals surface area contributed by atoms with Crippen LogP contribution in [0.3, 0.4) is 0 Å². The minimum Gasteiger partial charge on any atom is -0.305 e. The molecule has 5 heteroatoms. The summed E-state index contributed by atoms with van der Waals surface area (Å²) in [5.41, 5.74) is 1.72. The first-order valence-corrected chi connectivity index (χ1v) is 6.95. The van der Waals surface area contributed by atoms with E-state index in [1.54, 1.807) is 22.7 Å². The van der Waals surface area contributed by atoms with Gasteiger partial charge >= 0.3 is 5.69 Å². The molecule has 0 aliphatic heterocycles. The van der Waals surface area contributed by atoms with Gasteiger partial charge in [-0.3, -0.25) is 0 Å². The number of H-pyrrole nitrogens is 2. The Balaban J connectivity index is 2.51. The van der Waals surface area contributed by atoms with E-state index in [0.717, 1.165) is 21.8 Å². The summed E-state index contributed by atoms with van der Waals surface area (Å²) >= 11 is 3.51. The molecule has 0 saturated heterocycles. The second-order valence-electron chi connectivity index (χ2n) is 4.09. The van der Waals surface area contributed by atoms with Gasteiger partial charge in [0.1, 0.15) is 0 Å². The lowest BCUT2D eigenvalue weighted by Gasteiger charge is -1.95. The van der Waals surface area contributed by atoms with E-state index < -0.39 is 0 Å². The highest BCUT2D eigenvalue weighted by molar-refractivity contribution is 7.26. The van der Waals surface area contributed by atoms with E-state index in [1.807, 2.05) is 0 Å². The highest BCUT2D eigenvalue weighted by atomic mass is 32.1. The summed E-state index contributed by atoms with van der Waals surface area (Å²) in [5.74, 6) is 0. The third-order valence-electron chi connectivity index (χ3n) is 2.99. The fourth-order valence-corrected chi connectivity index (χ4v) is 4.43. The lowest BCUT2D eigenvalue weighted by molar-refractivity contribution is 1.22. The smallest absolute Gasteiger partial charge is 0.305 e. The van der Waals surface area contributed by atoms with Crippen molar-refractivity contribution in [2.75, 3.05) is 0 Å². The minimum atomic E-state index is -0.135. The summed E-state index contributed by atoms with van der Waals surface area (Å²) in [6, 6.07) is 4.21. The van der Waals surface area contributed by atoms with E-state index in [9.17, 15) is 4.79 Å². The molecule has 84 valence electrons. The van der Waals surface area contributed by atoms with Gasteiger partial charge in [0, 0.05) is 15.6 Å². The summed E-state index contributed by atoms with van der Waals surface area (Å²) in [4.78, 5) is 18.6. The summed E-state index contributed by atoms with van der Waals surface area (Å²) in [7, 11) is 0. The van der Waals surface area contributed by atoms with Gasteiger partial charge < -0.3 is 9.97 Å². The second-order valence-corrected chi connectivity index (χ2v) is 6.26.